The lowest BCUT2D eigenvalue weighted by Crippen LogP contribution is -2.23. The maximum Gasteiger partial charge on any atom is 0.0598 e. The first kappa shape index (κ1) is 13.3. The maximum atomic E-state index is 4.30. The smallest absolute Gasteiger partial charge is 0.0598 e. The minimum atomic E-state index is 0.863. The van der Waals surface area contributed by atoms with E-state index in [4.69, 9.17) is 0 Å². The summed E-state index contributed by atoms with van der Waals surface area (Å²) >= 11 is 0. The van der Waals surface area contributed by atoms with E-state index in [1.807, 2.05) is 12.4 Å². The van der Waals surface area contributed by atoms with Crippen LogP contribution in [0.5, 0.6) is 0 Å². The average Bonchev–Trinajstić information content (AvgIpc) is 2.88. The number of anilines is 1. The van der Waals surface area contributed by atoms with Crippen molar-refractivity contribution in [2.45, 2.75) is 39.7 Å². The lowest BCUT2D eigenvalue weighted by Gasteiger charge is -2.21. The molecule has 100 valence electrons. The molecule has 0 aliphatic carbocycles. The molecular weight excluding hydrogens is 222 g/mol. The molecule has 3 heteroatoms. The van der Waals surface area contributed by atoms with Crippen LogP contribution in [0.25, 0.3) is 0 Å². The highest BCUT2D eigenvalue weighted by atomic mass is 15.2. The van der Waals surface area contributed by atoms with Gasteiger partial charge in [-0.3, -0.25) is 4.98 Å². The van der Waals surface area contributed by atoms with Crippen LogP contribution in [0.3, 0.4) is 0 Å². The van der Waals surface area contributed by atoms with Crippen LogP contribution >= 0.6 is 0 Å². The Morgan fingerprint density at radius 3 is 3.06 bits per heavy atom. The lowest BCUT2D eigenvalue weighted by molar-refractivity contribution is 0.569. The summed E-state index contributed by atoms with van der Waals surface area (Å²) in [5, 5.41) is 3.49. The number of nitrogens with one attached hydrogen (secondary N) is 1. The summed E-state index contributed by atoms with van der Waals surface area (Å²) < 4.78 is 0. The second-order valence-electron chi connectivity index (χ2n) is 5.19. The monoisotopic (exact) mass is 247 g/mol. The molecule has 0 saturated carbocycles. The number of pyridine rings is 1. The van der Waals surface area contributed by atoms with Gasteiger partial charge in [-0.1, -0.05) is 20.3 Å². The van der Waals surface area contributed by atoms with Gasteiger partial charge in [0.25, 0.3) is 0 Å². The summed E-state index contributed by atoms with van der Waals surface area (Å²) in [4.78, 5) is 6.80. The van der Waals surface area contributed by atoms with E-state index in [1.165, 1.54) is 43.6 Å². The molecule has 1 atom stereocenters. The van der Waals surface area contributed by atoms with E-state index in [0.29, 0.717) is 0 Å². The molecule has 1 unspecified atom stereocenters. The normalized spacial score (nSPS) is 19.4. The Morgan fingerprint density at radius 1 is 1.44 bits per heavy atom. The molecule has 1 N–H and O–H groups in total. The fraction of sp³-hybridized carbons (Fsp3) is 0.667. The van der Waals surface area contributed by atoms with Gasteiger partial charge in [-0.25, -0.2) is 0 Å². The molecule has 3 nitrogen and oxygen atoms in total. The minimum absolute atomic E-state index is 0.863. The fourth-order valence-corrected chi connectivity index (χ4v) is 2.63. The molecule has 1 fully saturated rings. The van der Waals surface area contributed by atoms with E-state index in [9.17, 15) is 0 Å². The predicted octanol–water partition coefficient (Wildman–Crippen LogP) is 2.82. The average molecular weight is 247 g/mol. The quantitative estimate of drug-likeness (QED) is 0.784. The summed E-state index contributed by atoms with van der Waals surface area (Å²) in [6, 6.07) is 2.15. The van der Waals surface area contributed by atoms with Gasteiger partial charge in [0, 0.05) is 25.8 Å². The molecule has 2 rings (SSSR count). The minimum Gasteiger partial charge on any atom is -0.370 e. The summed E-state index contributed by atoms with van der Waals surface area (Å²) in [7, 11) is 0. The molecule has 0 radical (unpaired) electrons. The molecule has 0 spiro atoms. The van der Waals surface area contributed by atoms with Crippen LogP contribution in [0.2, 0.25) is 0 Å². The third kappa shape index (κ3) is 3.22. The van der Waals surface area contributed by atoms with E-state index in [1.54, 1.807) is 0 Å². The first-order chi connectivity index (χ1) is 8.85. The third-order valence-electron chi connectivity index (χ3n) is 3.83. The van der Waals surface area contributed by atoms with Crippen molar-refractivity contribution in [3.05, 3.63) is 24.0 Å². The van der Waals surface area contributed by atoms with Gasteiger partial charge in [-0.15, -0.1) is 0 Å². The van der Waals surface area contributed by atoms with Crippen LogP contribution < -0.4 is 10.2 Å². The van der Waals surface area contributed by atoms with Crippen LogP contribution in [0, 0.1) is 5.92 Å². The van der Waals surface area contributed by atoms with Crippen molar-refractivity contribution in [2.24, 2.45) is 5.92 Å². The topological polar surface area (TPSA) is 28.2 Å². The van der Waals surface area contributed by atoms with Crippen LogP contribution in [-0.2, 0) is 6.54 Å². The lowest BCUT2D eigenvalue weighted by atomic mass is 10.1. The Morgan fingerprint density at radius 2 is 2.33 bits per heavy atom. The summed E-state index contributed by atoms with van der Waals surface area (Å²) in [6.07, 6.45) is 7.73. The third-order valence-corrected chi connectivity index (χ3v) is 3.83. The van der Waals surface area contributed by atoms with Gasteiger partial charge >= 0.3 is 0 Å². The van der Waals surface area contributed by atoms with E-state index >= 15 is 0 Å². The predicted molar refractivity (Wildman–Crippen MR) is 76.8 cm³/mol. The Hall–Kier alpha value is -1.09. The number of hydrogen-bond acceptors (Lipinski definition) is 3. The van der Waals surface area contributed by atoms with E-state index in [-0.39, 0.29) is 0 Å². The van der Waals surface area contributed by atoms with Crippen LogP contribution in [-0.4, -0.2) is 24.6 Å². The highest BCUT2D eigenvalue weighted by Gasteiger charge is 2.22. The molecule has 1 saturated heterocycles. The summed E-state index contributed by atoms with van der Waals surface area (Å²) in [6.45, 7) is 8.92. The molecular formula is C15H25N3. The molecule has 1 aliphatic heterocycles. The van der Waals surface area contributed by atoms with Gasteiger partial charge in [-0.2, -0.15) is 0 Å². The largest absolute Gasteiger partial charge is 0.370 e. The molecule has 0 bridgehead atoms. The molecule has 0 aromatic carbocycles. The number of aromatic nitrogens is 1. The van der Waals surface area contributed by atoms with E-state index in [2.05, 4.69) is 35.1 Å². The zero-order chi connectivity index (χ0) is 12.8. The van der Waals surface area contributed by atoms with Gasteiger partial charge in [0.2, 0.25) is 0 Å². The van der Waals surface area contributed by atoms with Crippen molar-refractivity contribution in [1.29, 1.82) is 0 Å². The molecule has 1 aromatic heterocycles. The zero-order valence-corrected chi connectivity index (χ0v) is 11.7. The molecule has 18 heavy (non-hydrogen) atoms. The summed E-state index contributed by atoms with van der Waals surface area (Å²) in [5.41, 5.74) is 2.72. The zero-order valence-electron chi connectivity index (χ0n) is 11.7. The van der Waals surface area contributed by atoms with Crippen molar-refractivity contribution < 1.29 is 0 Å². The van der Waals surface area contributed by atoms with Gasteiger partial charge in [0.15, 0.2) is 0 Å². The Bertz CT molecular complexity index is 365. The molecule has 0 amide bonds. The first-order valence-corrected chi connectivity index (χ1v) is 7.23. The second kappa shape index (κ2) is 6.74. The van der Waals surface area contributed by atoms with Crippen molar-refractivity contribution >= 4 is 5.69 Å². The summed E-state index contributed by atoms with van der Waals surface area (Å²) in [5.74, 6) is 0.863. The molecule has 2 heterocycles. The SMILES string of the molecule is CCCNCc1ccncc1N1CCC(CC)C1. The standard InChI is InChI=1S/C15H25N3/c1-3-7-16-10-14-5-8-17-11-15(14)18-9-6-13(4-2)12-18/h5,8,11,13,16H,3-4,6-7,9-10,12H2,1-2H3. The van der Waals surface area contributed by atoms with Gasteiger partial charge in [0.05, 0.1) is 11.9 Å². The molecule has 1 aliphatic rings. The molecule has 1 aromatic rings. The van der Waals surface area contributed by atoms with Crippen molar-refractivity contribution in [2.75, 3.05) is 24.5 Å². The van der Waals surface area contributed by atoms with Crippen molar-refractivity contribution in [3.8, 4) is 0 Å². The van der Waals surface area contributed by atoms with Gasteiger partial charge in [-0.05, 0) is 36.9 Å². The first-order valence-electron chi connectivity index (χ1n) is 7.23. The Labute approximate surface area is 111 Å². The number of rotatable bonds is 6. The highest BCUT2D eigenvalue weighted by Crippen LogP contribution is 2.27. The van der Waals surface area contributed by atoms with E-state index < -0.39 is 0 Å². The Balaban J connectivity index is 2.03. The second-order valence-corrected chi connectivity index (χ2v) is 5.19. The van der Waals surface area contributed by atoms with Gasteiger partial charge < -0.3 is 10.2 Å². The maximum absolute atomic E-state index is 4.30. The number of hydrogen-bond donors (Lipinski definition) is 1. The van der Waals surface area contributed by atoms with E-state index in [0.717, 1.165) is 19.0 Å². The van der Waals surface area contributed by atoms with Crippen molar-refractivity contribution in [1.82, 2.24) is 10.3 Å². The van der Waals surface area contributed by atoms with Gasteiger partial charge in [0.1, 0.15) is 0 Å². The van der Waals surface area contributed by atoms with Crippen LogP contribution in [0.4, 0.5) is 5.69 Å². The highest BCUT2D eigenvalue weighted by molar-refractivity contribution is 5.52. The van der Waals surface area contributed by atoms with Crippen LogP contribution in [0.1, 0.15) is 38.7 Å². The van der Waals surface area contributed by atoms with Crippen LogP contribution in [0.15, 0.2) is 18.5 Å². The Kier molecular flexibility index (Phi) is 5.00. The number of nitrogens with zero attached hydrogens (tertiary/aromatic N) is 2. The van der Waals surface area contributed by atoms with Crippen molar-refractivity contribution in [3.63, 3.8) is 0 Å². The fourth-order valence-electron chi connectivity index (χ4n) is 2.63.